The van der Waals surface area contributed by atoms with Crippen LogP contribution >= 0.6 is 11.6 Å². The van der Waals surface area contributed by atoms with E-state index < -0.39 is 12.6 Å². The van der Waals surface area contributed by atoms with Crippen molar-refractivity contribution in [2.24, 2.45) is 0 Å². The molecular formula is C22H18ClNO5. The highest BCUT2D eigenvalue weighted by molar-refractivity contribution is 6.33. The first kappa shape index (κ1) is 20.4. The summed E-state index contributed by atoms with van der Waals surface area (Å²) in [6, 6.07) is 16.9. The molecule has 1 aromatic heterocycles. The summed E-state index contributed by atoms with van der Waals surface area (Å²) in [6.07, 6.45) is 0.590. The minimum absolute atomic E-state index is 0.101. The second kappa shape index (κ2) is 9.21. The summed E-state index contributed by atoms with van der Waals surface area (Å²) in [4.78, 5) is 37.3. The van der Waals surface area contributed by atoms with Crippen molar-refractivity contribution in [2.75, 3.05) is 18.1 Å². The molecule has 3 aromatic rings. The molecule has 0 radical (unpaired) electrons. The number of amides is 1. The van der Waals surface area contributed by atoms with E-state index in [4.69, 9.17) is 20.8 Å². The highest BCUT2D eigenvalue weighted by Crippen LogP contribution is 2.27. The van der Waals surface area contributed by atoms with Gasteiger partial charge < -0.3 is 14.1 Å². The Morgan fingerprint density at radius 3 is 2.52 bits per heavy atom. The summed E-state index contributed by atoms with van der Waals surface area (Å²) < 4.78 is 10.6. The van der Waals surface area contributed by atoms with Gasteiger partial charge in [-0.15, -0.1) is 0 Å². The number of furan rings is 1. The molecule has 0 bridgehead atoms. The molecule has 6 nitrogen and oxygen atoms in total. The number of anilines is 1. The standard InChI is InChI=1S/C22H18ClNO5/c1-2-24(16-6-4-3-5-7-16)21(26)14-28-22(27)18-12-15(8-10-19(18)23)20-11-9-17(13-25)29-20/h3-13H,2,14H2,1H3. The Morgan fingerprint density at radius 1 is 1.10 bits per heavy atom. The van der Waals surface area contributed by atoms with Crippen molar-refractivity contribution in [3.63, 3.8) is 0 Å². The molecule has 0 saturated heterocycles. The fourth-order valence-corrected chi connectivity index (χ4v) is 2.99. The second-order valence-corrected chi connectivity index (χ2v) is 6.47. The molecular weight excluding hydrogens is 394 g/mol. The van der Waals surface area contributed by atoms with Gasteiger partial charge in [0.2, 0.25) is 0 Å². The van der Waals surface area contributed by atoms with Crippen LogP contribution in [0.1, 0.15) is 27.8 Å². The fraction of sp³-hybridized carbons (Fsp3) is 0.136. The minimum Gasteiger partial charge on any atom is -0.453 e. The molecule has 0 fully saturated rings. The van der Waals surface area contributed by atoms with Crippen LogP contribution in [0, 0.1) is 0 Å². The number of benzene rings is 2. The predicted molar refractivity (Wildman–Crippen MR) is 109 cm³/mol. The van der Waals surface area contributed by atoms with Crippen molar-refractivity contribution in [1.82, 2.24) is 0 Å². The van der Waals surface area contributed by atoms with E-state index in [-0.39, 0.29) is 22.3 Å². The van der Waals surface area contributed by atoms with Gasteiger partial charge >= 0.3 is 5.97 Å². The molecule has 0 spiro atoms. The molecule has 0 atom stereocenters. The molecule has 0 N–H and O–H groups in total. The van der Waals surface area contributed by atoms with Crippen molar-refractivity contribution < 1.29 is 23.5 Å². The van der Waals surface area contributed by atoms with E-state index in [1.165, 1.54) is 23.1 Å². The lowest BCUT2D eigenvalue weighted by Crippen LogP contribution is -2.34. The van der Waals surface area contributed by atoms with E-state index in [1.807, 2.05) is 25.1 Å². The van der Waals surface area contributed by atoms with Gasteiger partial charge in [0.25, 0.3) is 5.91 Å². The summed E-state index contributed by atoms with van der Waals surface area (Å²) >= 11 is 6.13. The zero-order chi connectivity index (χ0) is 20.8. The van der Waals surface area contributed by atoms with Gasteiger partial charge in [-0.1, -0.05) is 29.8 Å². The van der Waals surface area contributed by atoms with Crippen LogP contribution in [0.15, 0.2) is 65.1 Å². The Morgan fingerprint density at radius 2 is 1.86 bits per heavy atom. The average molecular weight is 412 g/mol. The maximum atomic E-state index is 12.5. The lowest BCUT2D eigenvalue weighted by molar-refractivity contribution is -0.121. The van der Waals surface area contributed by atoms with Gasteiger partial charge in [0.15, 0.2) is 18.7 Å². The number of hydrogen-bond acceptors (Lipinski definition) is 5. The highest BCUT2D eigenvalue weighted by atomic mass is 35.5. The Balaban J connectivity index is 1.72. The predicted octanol–water partition coefficient (Wildman–Crippen LogP) is 4.62. The number of ether oxygens (including phenoxy) is 1. The monoisotopic (exact) mass is 411 g/mol. The molecule has 0 aliphatic heterocycles. The van der Waals surface area contributed by atoms with Crippen molar-refractivity contribution >= 4 is 35.5 Å². The third-order valence-corrected chi connectivity index (χ3v) is 4.56. The molecule has 148 valence electrons. The maximum absolute atomic E-state index is 12.5. The van der Waals surface area contributed by atoms with Crippen molar-refractivity contribution in [2.45, 2.75) is 6.92 Å². The molecule has 0 saturated carbocycles. The molecule has 2 aromatic carbocycles. The summed E-state index contributed by atoms with van der Waals surface area (Å²) in [5.41, 5.74) is 1.38. The number of likely N-dealkylation sites (N-methyl/N-ethyl adjacent to an activating group) is 1. The van der Waals surface area contributed by atoms with E-state index in [1.54, 1.807) is 24.3 Å². The molecule has 3 rings (SSSR count). The minimum atomic E-state index is -0.725. The van der Waals surface area contributed by atoms with Gasteiger partial charge in [0.05, 0.1) is 10.6 Å². The molecule has 1 amide bonds. The van der Waals surface area contributed by atoms with Crippen LogP contribution in [0.4, 0.5) is 5.69 Å². The van der Waals surface area contributed by atoms with Gasteiger partial charge in [-0.05, 0) is 49.4 Å². The largest absolute Gasteiger partial charge is 0.453 e. The molecule has 0 aliphatic carbocycles. The Kier molecular flexibility index (Phi) is 6.46. The lowest BCUT2D eigenvalue weighted by atomic mass is 10.1. The Bertz CT molecular complexity index is 1030. The first-order valence-corrected chi connectivity index (χ1v) is 9.28. The van der Waals surface area contributed by atoms with Crippen LogP contribution in [-0.2, 0) is 9.53 Å². The van der Waals surface area contributed by atoms with Gasteiger partial charge in [-0.2, -0.15) is 0 Å². The maximum Gasteiger partial charge on any atom is 0.340 e. The smallest absolute Gasteiger partial charge is 0.340 e. The fourth-order valence-electron chi connectivity index (χ4n) is 2.80. The third kappa shape index (κ3) is 4.73. The topological polar surface area (TPSA) is 76.8 Å². The van der Waals surface area contributed by atoms with Crippen LogP contribution in [-0.4, -0.2) is 31.3 Å². The van der Waals surface area contributed by atoms with Crippen molar-refractivity contribution in [3.05, 3.63) is 77.0 Å². The molecule has 29 heavy (non-hydrogen) atoms. The van der Waals surface area contributed by atoms with Crippen molar-refractivity contribution in [3.8, 4) is 11.3 Å². The normalized spacial score (nSPS) is 10.4. The van der Waals surface area contributed by atoms with Crippen LogP contribution in [0.5, 0.6) is 0 Å². The number of carbonyl (C=O) groups is 3. The number of esters is 1. The summed E-state index contributed by atoms with van der Waals surface area (Å²) in [6.45, 7) is 1.86. The summed E-state index contributed by atoms with van der Waals surface area (Å²) in [7, 11) is 0. The number of nitrogens with zero attached hydrogens (tertiary/aromatic N) is 1. The highest BCUT2D eigenvalue weighted by Gasteiger charge is 2.19. The van der Waals surface area contributed by atoms with E-state index >= 15 is 0 Å². The van der Waals surface area contributed by atoms with Crippen LogP contribution in [0.25, 0.3) is 11.3 Å². The number of carbonyl (C=O) groups excluding carboxylic acids is 3. The SMILES string of the molecule is CCN(C(=O)COC(=O)c1cc(-c2ccc(C=O)o2)ccc1Cl)c1ccccc1. The first-order chi connectivity index (χ1) is 14.0. The van der Waals surface area contributed by atoms with Gasteiger partial charge in [-0.25, -0.2) is 4.79 Å². The number of halogens is 1. The number of hydrogen-bond donors (Lipinski definition) is 0. The van der Waals surface area contributed by atoms with E-state index in [0.717, 1.165) is 5.69 Å². The van der Waals surface area contributed by atoms with E-state index in [2.05, 4.69) is 0 Å². The number of rotatable bonds is 7. The number of aldehydes is 1. The molecule has 7 heteroatoms. The van der Waals surface area contributed by atoms with Gasteiger partial charge in [0, 0.05) is 17.8 Å². The summed E-state index contributed by atoms with van der Waals surface area (Å²) in [5.74, 6) is -0.488. The van der Waals surface area contributed by atoms with Crippen molar-refractivity contribution in [1.29, 1.82) is 0 Å². The average Bonchev–Trinajstić information content (AvgIpc) is 3.23. The zero-order valence-electron chi connectivity index (χ0n) is 15.6. The summed E-state index contributed by atoms with van der Waals surface area (Å²) in [5, 5.41) is 0.184. The second-order valence-electron chi connectivity index (χ2n) is 6.06. The van der Waals surface area contributed by atoms with Gasteiger partial charge in [-0.3, -0.25) is 9.59 Å². The van der Waals surface area contributed by atoms with Crippen LogP contribution in [0.2, 0.25) is 5.02 Å². The number of para-hydroxylation sites is 1. The quantitative estimate of drug-likeness (QED) is 0.418. The third-order valence-electron chi connectivity index (χ3n) is 4.23. The molecule has 0 unspecified atom stereocenters. The van der Waals surface area contributed by atoms with Gasteiger partial charge in [0.1, 0.15) is 5.76 Å². The zero-order valence-corrected chi connectivity index (χ0v) is 16.4. The molecule has 0 aliphatic rings. The lowest BCUT2D eigenvalue weighted by Gasteiger charge is -2.20. The van der Waals surface area contributed by atoms with E-state index in [0.29, 0.717) is 24.2 Å². The Labute approximate surface area is 172 Å². The van der Waals surface area contributed by atoms with Crippen LogP contribution in [0.3, 0.4) is 0 Å². The Hall–Kier alpha value is -3.38. The van der Waals surface area contributed by atoms with Crippen LogP contribution < -0.4 is 4.90 Å². The van der Waals surface area contributed by atoms with E-state index in [9.17, 15) is 14.4 Å². The first-order valence-electron chi connectivity index (χ1n) is 8.91. The molecule has 1 heterocycles.